The summed E-state index contributed by atoms with van der Waals surface area (Å²) in [7, 11) is 0. The highest BCUT2D eigenvalue weighted by molar-refractivity contribution is 6.25. The van der Waals surface area contributed by atoms with Crippen LogP contribution < -0.4 is 4.90 Å². The minimum Gasteiger partial charge on any atom is -0.274 e. The van der Waals surface area contributed by atoms with Crippen molar-refractivity contribution in [3.05, 3.63) is 135 Å². The zero-order valence-corrected chi connectivity index (χ0v) is 21.7. The van der Waals surface area contributed by atoms with Crippen LogP contribution in [0.3, 0.4) is 0 Å². The van der Waals surface area contributed by atoms with Crippen LogP contribution in [0.25, 0.3) is 0 Å². The first-order chi connectivity index (χ1) is 19.5. The molecule has 0 spiro atoms. The predicted molar refractivity (Wildman–Crippen MR) is 152 cm³/mol. The molecule has 2 atom stereocenters. The number of hydrogen-bond acceptors (Lipinski definition) is 5. The van der Waals surface area contributed by atoms with E-state index in [2.05, 4.69) is 6.92 Å². The van der Waals surface area contributed by atoms with Gasteiger partial charge in [-0.25, -0.2) is 4.90 Å². The van der Waals surface area contributed by atoms with Gasteiger partial charge in [0.25, 0.3) is 5.69 Å². The Labute approximate surface area is 231 Å². The maximum atomic E-state index is 14.5. The van der Waals surface area contributed by atoms with Crippen molar-refractivity contribution in [2.45, 2.75) is 24.7 Å². The Morgan fingerprint density at radius 2 is 1.45 bits per heavy atom. The number of imide groups is 1. The molecule has 40 heavy (non-hydrogen) atoms. The zero-order valence-electron chi connectivity index (χ0n) is 21.7. The van der Waals surface area contributed by atoms with Crippen LogP contribution in [-0.4, -0.2) is 23.0 Å². The van der Waals surface area contributed by atoms with Crippen molar-refractivity contribution >= 4 is 35.1 Å². The summed E-state index contributed by atoms with van der Waals surface area (Å²) in [5.74, 6) is -2.71. The van der Waals surface area contributed by atoms with Crippen LogP contribution in [0.4, 0.5) is 17.1 Å². The van der Waals surface area contributed by atoms with Crippen molar-refractivity contribution in [2.75, 3.05) is 4.90 Å². The smallest absolute Gasteiger partial charge is 0.274 e. The van der Waals surface area contributed by atoms with Crippen LogP contribution in [0.15, 0.2) is 102 Å². The molecule has 1 saturated heterocycles. The molecule has 0 saturated carbocycles. The van der Waals surface area contributed by atoms with Crippen molar-refractivity contribution in [2.24, 2.45) is 16.8 Å². The third-order valence-corrected chi connectivity index (χ3v) is 8.76. The third kappa shape index (κ3) is 3.14. The Morgan fingerprint density at radius 1 is 0.850 bits per heavy atom. The third-order valence-electron chi connectivity index (χ3n) is 8.76. The normalized spacial score (nSPS) is 24.2. The molecule has 4 aromatic carbocycles. The number of nitro groups is 1. The lowest BCUT2D eigenvalue weighted by atomic mass is 9.47. The number of amides is 2. The SMILES string of the molecule is CCc1ccc(N=CC23c4ccccc4C(c4ccccc42)[C@@H]2C(=O)N(c4ccccc4[N+](=O)[O-])C(=O)[C@H]23)cc1. The lowest BCUT2D eigenvalue weighted by molar-refractivity contribution is -0.384. The van der Waals surface area contributed by atoms with Gasteiger partial charge in [0, 0.05) is 18.2 Å². The van der Waals surface area contributed by atoms with E-state index in [9.17, 15) is 19.7 Å². The highest BCUT2D eigenvalue weighted by Crippen LogP contribution is 2.64. The number of hydrogen-bond donors (Lipinski definition) is 0. The first-order valence-electron chi connectivity index (χ1n) is 13.4. The van der Waals surface area contributed by atoms with E-state index >= 15 is 0 Å². The summed E-state index contributed by atoms with van der Waals surface area (Å²) in [4.78, 5) is 46.0. The number of benzene rings is 4. The van der Waals surface area contributed by atoms with E-state index in [1.54, 1.807) is 6.07 Å². The molecule has 0 aromatic heterocycles. The number of nitro benzene ring substituents is 1. The summed E-state index contributed by atoms with van der Waals surface area (Å²) in [6.45, 7) is 2.09. The first kappa shape index (κ1) is 24.2. The van der Waals surface area contributed by atoms with Crippen molar-refractivity contribution in [1.82, 2.24) is 0 Å². The molecule has 1 heterocycles. The molecule has 1 fully saturated rings. The Kier molecular flexibility index (Phi) is 5.32. The fraction of sp³-hybridized carbons (Fsp3) is 0.182. The minimum absolute atomic E-state index is 0.00616. The van der Waals surface area contributed by atoms with Crippen molar-refractivity contribution in [3.8, 4) is 0 Å². The summed E-state index contributed by atoms with van der Waals surface area (Å²) in [6, 6.07) is 29.8. The molecule has 7 nitrogen and oxygen atoms in total. The van der Waals surface area contributed by atoms with Crippen LogP contribution in [0.1, 0.15) is 40.7 Å². The number of aliphatic imine (C=N–C) groups is 1. The Morgan fingerprint density at radius 3 is 2.08 bits per heavy atom. The molecule has 2 bridgehead atoms. The Balaban J connectivity index is 1.48. The maximum Gasteiger partial charge on any atom is 0.293 e. The summed E-state index contributed by atoms with van der Waals surface area (Å²) in [5.41, 5.74) is 4.51. The number of anilines is 1. The Hall–Kier alpha value is -4.91. The molecule has 0 radical (unpaired) electrons. The second kappa shape index (κ2) is 8.81. The van der Waals surface area contributed by atoms with E-state index in [1.165, 1.54) is 23.8 Å². The highest BCUT2D eigenvalue weighted by atomic mass is 16.6. The van der Waals surface area contributed by atoms with Gasteiger partial charge in [-0.3, -0.25) is 24.7 Å². The largest absolute Gasteiger partial charge is 0.293 e. The van der Waals surface area contributed by atoms with Gasteiger partial charge in [0.1, 0.15) is 5.69 Å². The van der Waals surface area contributed by atoms with Gasteiger partial charge in [-0.1, -0.05) is 79.7 Å². The molecule has 7 heteroatoms. The van der Waals surface area contributed by atoms with E-state index < -0.39 is 34.0 Å². The molecule has 1 aliphatic heterocycles. The molecular formula is C33H25N3O4. The van der Waals surface area contributed by atoms with Crippen LogP contribution in [0, 0.1) is 22.0 Å². The number of para-hydroxylation sites is 2. The minimum atomic E-state index is -1.03. The molecule has 4 aliphatic rings. The number of aryl methyl sites for hydroxylation is 1. The molecule has 0 unspecified atom stereocenters. The molecule has 196 valence electrons. The monoisotopic (exact) mass is 527 g/mol. The van der Waals surface area contributed by atoms with Gasteiger partial charge >= 0.3 is 0 Å². The fourth-order valence-electron chi connectivity index (χ4n) is 7.09. The van der Waals surface area contributed by atoms with Crippen LogP contribution >= 0.6 is 0 Å². The molecule has 0 N–H and O–H groups in total. The maximum absolute atomic E-state index is 14.5. The summed E-state index contributed by atoms with van der Waals surface area (Å²) in [5, 5.41) is 11.9. The molecule has 3 aliphatic carbocycles. The van der Waals surface area contributed by atoms with Crippen LogP contribution in [-0.2, 0) is 21.4 Å². The van der Waals surface area contributed by atoms with E-state index in [4.69, 9.17) is 4.99 Å². The fourth-order valence-corrected chi connectivity index (χ4v) is 7.09. The van der Waals surface area contributed by atoms with Gasteiger partial charge in [0.05, 0.1) is 27.9 Å². The van der Waals surface area contributed by atoms with E-state index in [0.717, 1.165) is 39.3 Å². The predicted octanol–water partition coefficient (Wildman–Crippen LogP) is 6.11. The topological polar surface area (TPSA) is 92.9 Å². The molecule has 8 rings (SSSR count). The van der Waals surface area contributed by atoms with Gasteiger partial charge in [0.2, 0.25) is 11.8 Å². The second-order valence-electron chi connectivity index (χ2n) is 10.6. The van der Waals surface area contributed by atoms with E-state index in [0.29, 0.717) is 0 Å². The number of carbonyl (C=O) groups is 2. The standard InChI is InChI=1S/C33H25N3O4/c1-2-20-15-17-21(18-16-20)34-19-33-24-11-5-3-9-22(24)28(23-10-4-6-12-25(23)33)29-30(33)32(38)35(31(29)37)26-13-7-8-14-27(26)36(39)40/h3-19,28-30H,2H2,1H3/t28?,29-,30-,33?/m0/s1. The first-order valence-corrected chi connectivity index (χ1v) is 13.4. The molecular weight excluding hydrogens is 502 g/mol. The lowest BCUT2D eigenvalue weighted by Crippen LogP contribution is -2.54. The number of carbonyl (C=O) groups excluding carboxylic acids is 2. The zero-order chi connectivity index (χ0) is 27.6. The van der Waals surface area contributed by atoms with E-state index in [-0.39, 0.29) is 17.3 Å². The summed E-state index contributed by atoms with van der Waals surface area (Å²) in [6.07, 6.45) is 2.75. The van der Waals surface area contributed by atoms with Crippen molar-refractivity contribution < 1.29 is 14.5 Å². The van der Waals surface area contributed by atoms with Gasteiger partial charge in [-0.2, -0.15) is 0 Å². The average molecular weight is 528 g/mol. The van der Waals surface area contributed by atoms with Crippen LogP contribution in [0.5, 0.6) is 0 Å². The van der Waals surface area contributed by atoms with E-state index in [1.807, 2.05) is 79.0 Å². The van der Waals surface area contributed by atoms with Gasteiger partial charge in [-0.05, 0) is 52.4 Å². The molecule has 4 aromatic rings. The number of rotatable bonds is 5. The van der Waals surface area contributed by atoms with Gasteiger partial charge < -0.3 is 0 Å². The van der Waals surface area contributed by atoms with Crippen molar-refractivity contribution in [3.63, 3.8) is 0 Å². The van der Waals surface area contributed by atoms with Crippen molar-refractivity contribution in [1.29, 1.82) is 0 Å². The van der Waals surface area contributed by atoms with Gasteiger partial charge in [0.15, 0.2) is 0 Å². The lowest BCUT2D eigenvalue weighted by Gasteiger charge is -2.52. The summed E-state index contributed by atoms with van der Waals surface area (Å²) >= 11 is 0. The van der Waals surface area contributed by atoms with Gasteiger partial charge in [-0.15, -0.1) is 0 Å². The quantitative estimate of drug-likeness (QED) is 0.135. The average Bonchev–Trinajstić information content (AvgIpc) is 3.26. The number of nitrogens with zero attached hydrogens (tertiary/aromatic N) is 3. The van der Waals surface area contributed by atoms with Crippen LogP contribution in [0.2, 0.25) is 0 Å². The Bertz CT molecular complexity index is 1700. The summed E-state index contributed by atoms with van der Waals surface area (Å²) < 4.78 is 0. The second-order valence-corrected chi connectivity index (χ2v) is 10.6. The highest BCUT2D eigenvalue weighted by Gasteiger charge is 2.68. The molecule has 2 amide bonds.